The topological polar surface area (TPSA) is 78.0 Å². The minimum absolute atomic E-state index is 0.106. The second kappa shape index (κ2) is 5.25. The number of hydrogen-bond donors (Lipinski definition) is 1. The molecule has 0 saturated heterocycles. The van der Waals surface area contributed by atoms with Crippen molar-refractivity contribution in [2.24, 2.45) is 5.73 Å². The van der Waals surface area contributed by atoms with Crippen molar-refractivity contribution in [3.63, 3.8) is 0 Å². The molecule has 0 aliphatic heterocycles. The monoisotopic (exact) mass is 365 g/mol. The Hall–Kier alpha value is -1.70. The molecule has 5 nitrogen and oxygen atoms in total. The van der Waals surface area contributed by atoms with E-state index in [9.17, 15) is 8.42 Å². The van der Waals surface area contributed by atoms with Crippen LogP contribution in [0.5, 0.6) is 0 Å². The molecular formula is C14H12BrN3O2S. The summed E-state index contributed by atoms with van der Waals surface area (Å²) in [5.41, 5.74) is 6.57. The highest BCUT2D eigenvalue weighted by Crippen LogP contribution is 2.28. The number of aromatic nitrogens is 2. The maximum absolute atomic E-state index is 12.9. The van der Waals surface area contributed by atoms with E-state index in [2.05, 4.69) is 20.9 Å². The third-order valence-electron chi connectivity index (χ3n) is 3.17. The van der Waals surface area contributed by atoms with Crippen molar-refractivity contribution in [1.29, 1.82) is 0 Å². The maximum atomic E-state index is 12.9. The summed E-state index contributed by atoms with van der Waals surface area (Å²) in [5.74, 6) is 0. The first-order valence-electron chi connectivity index (χ1n) is 6.21. The predicted molar refractivity (Wildman–Crippen MR) is 84.4 cm³/mol. The smallest absolute Gasteiger partial charge is 0.269 e. The SMILES string of the molecule is NCc1cc2c(Br)ccnc2n1S(=O)(=O)c1ccccc1. The van der Waals surface area contributed by atoms with Gasteiger partial charge < -0.3 is 5.73 Å². The van der Waals surface area contributed by atoms with Crippen LogP contribution in [0.3, 0.4) is 0 Å². The number of nitrogens with two attached hydrogens (primary N) is 1. The molecule has 0 unspecified atom stereocenters. The predicted octanol–water partition coefficient (Wildman–Crippen LogP) is 2.49. The molecule has 108 valence electrons. The van der Waals surface area contributed by atoms with E-state index in [1.54, 1.807) is 48.7 Å². The molecule has 2 heterocycles. The molecule has 0 aliphatic rings. The molecule has 3 rings (SSSR count). The summed E-state index contributed by atoms with van der Waals surface area (Å²) in [4.78, 5) is 4.41. The Morgan fingerprint density at radius 3 is 2.57 bits per heavy atom. The van der Waals surface area contributed by atoms with Crippen LogP contribution in [0.1, 0.15) is 5.69 Å². The summed E-state index contributed by atoms with van der Waals surface area (Å²) < 4.78 is 27.7. The van der Waals surface area contributed by atoms with Gasteiger partial charge in [0.1, 0.15) is 0 Å². The number of fused-ring (bicyclic) bond motifs is 1. The van der Waals surface area contributed by atoms with E-state index in [-0.39, 0.29) is 11.4 Å². The summed E-state index contributed by atoms with van der Waals surface area (Å²) >= 11 is 3.41. The third kappa shape index (κ3) is 2.27. The highest BCUT2D eigenvalue weighted by molar-refractivity contribution is 9.10. The van der Waals surface area contributed by atoms with Gasteiger partial charge in [0.2, 0.25) is 0 Å². The van der Waals surface area contributed by atoms with Gasteiger partial charge in [0.25, 0.3) is 10.0 Å². The molecule has 3 aromatic rings. The lowest BCUT2D eigenvalue weighted by atomic mass is 10.3. The standard InChI is InChI=1S/C14H12BrN3O2S/c15-13-6-7-17-14-12(13)8-10(9-16)18(14)21(19,20)11-4-2-1-3-5-11/h1-8H,9,16H2. The van der Waals surface area contributed by atoms with Crippen molar-refractivity contribution >= 4 is 37.0 Å². The lowest BCUT2D eigenvalue weighted by Gasteiger charge is -2.10. The lowest BCUT2D eigenvalue weighted by Crippen LogP contribution is -2.17. The molecule has 0 fully saturated rings. The van der Waals surface area contributed by atoms with Gasteiger partial charge >= 0.3 is 0 Å². The van der Waals surface area contributed by atoms with Crippen LogP contribution < -0.4 is 5.73 Å². The summed E-state index contributed by atoms with van der Waals surface area (Å²) in [6, 6.07) is 11.8. The Labute approximate surface area is 130 Å². The van der Waals surface area contributed by atoms with Gasteiger partial charge in [-0.15, -0.1) is 0 Å². The van der Waals surface area contributed by atoms with Crippen molar-refractivity contribution in [3.8, 4) is 0 Å². The van der Waals surface area contributed by atoms with Gasteiger partial charge in [0.15, 0.2) is 5.65 Å². The highest BCUT2D eigenvalue weighted by atomic mass is 79.9. The van der Waals surface area contributed by atoms with Crippen LogP contribution in [-0.4, -0.2) is 17.4 Å². The van der Waals surface area contributed by atoms with Gasteiger partial charge in [0, 0.05) is 22.6 Å². The molecule has 0 amide bonds. The zero-order valence-corrected chi connectivity index (χ0v) is 13.3. The molecule has 0 atom stereocenters. The van der Waals surface area contributed by atoms with Gasteiger partial charge in [0.05, 0.1) is 10.6 Å². The van der Waals surface area contributed by atoms with Crippen LogP contribution in [0.15, 0.2) is 58.0 Å². The van der Waals surface area contributed by atoms with Crippen molar-refractivity contribution < 1.29 is 8.42 Å². The van der Waals surface area contributed by atoms with E-state index in [1.807, 2.05) is 0 Å². The number of pyridine rings is 1. The number of halogens is 1. The fourth-order valence-electron chi connectivity index (χ4n) is 2.20. The molecule has 0 saturated carbocycles. The van der Waals surface area contributed by atoms with Crippen LogP contribution in [0.2, 0.25) is 0 Å². The van der Waals surface area contributed by atoms with Crippen molar-refractivity contribution in [2.75, 3.05) is 0 Å². The fourth-order valence-corrected chi connectivity index (χ4v) is 4.13. The van der Waals surface area contributed by atoms with E-state index >= 15 is 0 Å². The molecular weight excluding hydrogens is 354 g/mol. The van der Waals surface area contributed by atoms with Gasteiger partial charge in [-0.05, 0) is 40.2 Å². The Balaban J connectivity index is 2.37. The normalized spacial score (nSPS) is 11.9. The zero-order valence-electron chi connectivity index (χ0n) is 10.9. The van der Waals surface area contributed by atoms with Crippen molar-refractivity contribution in [1.82, 2.24) is 8.96 Å². The molecule has 2 N–H and O–H groups in total. The van der Waals surface area contributed by atoms with Crippen molar-refractivity contribution in [3.05, 3.63) is 58.8 Å². The number of nitrogens with zero attached hydrogens (tertiary/aromatic N) is 2. The minimum Gasteiger partial charge on any atom is -0.325 e. The van der Waals surface area contributed by atoms with Crippen LogP contribution in [0.4, 0.5) is 0 Å². The average Bonchev–Trinajstić information content (AvgIpc) is 2.89. The van der Waals surface area contributed by atoms with E-state index in [1.165, 1.54) is 3.97 Å². The second-order valence-corrected chi connectivity index (χ2v) is 7.09. The van der Waals surface area contributed by atoms with E-state index in [0.717, 1.165) is 9.86 Å². The molecule has 0 spiro atoms. The van der Waals surface area contributed by atoms with Crippen LogP contribution in [-0.2, 0) is 16.6 Å². The number of rotatable bonds is 3. The molecule has 0 radical (unpaired) electrons. The fraction of sp³-hybridized carbons (Fsp3) is 0.0714. The Kier molecular flexibility index (Phi) is 3.56. The summed E-state index contributed by atoms with van der Waals surface area (Å²) in [6.07, 6.45) is 1.56. The quantitative estimate of drug-likeness (QED) is 0.773. The van der Waals surface area contributed by atoms with Crippen LogP contribution in [0, 0.1) is 0 Å². The molecule has 0 bridgehead atoms. The Bertz CT molecular complexity index is 905. The van der Waals surface area contributed by atoms with Gasteiger partial charge in [-0.2, -0.15) is 0 Å². The molecule has 2 aromatic heterocycles. The summed E-state index contributed by atoms with van der Waals surface area (Å²) in [7, 11) is -3.73. The van der Waals surface area contributed by atoms with Crippen LogP contribution in [0.25, 0.3) is 11.0 Å². The Morgan fingerprint density at radius 1 is 1.19 bits per heavy atom. The molecule has 21 heavy (non-hydrogen) atoms. The second-order valence-electron chi connectivity index (χ2n) is 4.45. The van der Waals surface area contributed by atoms with E-state index in [0.29, 0.717) is 11.3 Å². The largest absolute Gasteiger partial charge is 0.325 e. The van der Waals surface area contributed by atoms with Gasteiger partial charge in [-0.25, -0.2) is 17.4 Å². The van der Waals surface area contributed by atoms with E-state index < -0.39 is 10.0 Å². The molecule has 7 heteroatoms. The first kappa shape index (κ1) is 14.2. The number of hydrogen-bond acceptors (Lipinski definition) is 4. The first-order valence-corrected chi connectivity index (χ1v) is 8.44. The lowest BCUT2D eigenvalue weighted by molar-refractivity contribution is 0.586. The maximum Gasteiger partial charge on any atom is 0.269 e. The van der Waals surface area contributed by atoms with Gasteiger partial charge in [-0.1, -0.05) is 18.2 Å². The zero-order chi connectivity index (χ0) is 15.0. The molecule has 1 aromatic carbocycles. The van der Waals surface area contributed by atoms with Crippen molar-refractivity contribution in [2.45, 2.75) is 11.4 Å². The third-order valence-corrected chi connectivity index (χ3v) is 5.62. The Morgan fingerprint density at radius 2 is 1.90 bits per heavy atom. The first-order chi connectivity index (χ1) is 10.1. The number of benzene rings is 1. The molecule has 0 aliphatic carbocycles. The average molecular weight is 366 g/mol. The van der Waals surface area contributed by atoms with Crippen LogP contribution >= 0.6 is 15.9 Å². The van der Waals surface area contributed by atoms with Gasteiger partial charge in [-0.3, -0.25) is 0 Å². The summed E-state index contributed by atoms with van der Waals surface area (Å²) in [6.45, 7) is 0.106. The van der Waals surface area contributed by atoms with E-state index in [4.69, 9.17) is 5.73 Å². The minimum atomic E-state index is -3.73. The highest BCUT2D eigenvalue weighted by Gasteiger charge is 2.23. The summed E-state index contributed by atoms with van der Waals surface area (Å²) in [5, 5.41) is 0.720.